The predicted molar refractivity (Wildman–Crippen MR) is 117 cm³/mol. The fraction of sp³-hybridized carbons (Fsp3) is 0.381. The highest BCUT2D eigenvalue weighted by molar-refractivity contribution is 7.89. The third kappa shape index (κ3) is 5.31. The maximum absolute atomic E-state index is 13.0. The molecule has 1 aliphatic heterocycles. The van der Waals surface area contributed by atoms with Crippen molar-refractivity contribution in [2.24, 2.45) is 0 Å². The van der Waals surface area contributed by atoms with Crippen molar-refractivity contribution in [1.29, 1.82) is 0 Å². The SMILES string of the molecule is CN(C)S(=O)(=O)c1ccc(Cl)c(C(=O)N2CCN(CCOc3ccccc3)CC2)c1. The van der Waals surface area contributed by atoms with E-state index in [2.05, 4.69) is 4.90 Å². The number of piperazine rings is 1. The number of benzene rings is 2. The fourth-order valence-corrected chi connectivity index (χ4v) is 4.32. The van der Waals surface area contributed by atoms with Crippen molar-refractivity contribution in [2.45, 2.75) is 4.90 Å². The molecule has 1 heterocycles. The van der Waals surface area contributed by atoms with E-state index in [0.29, 0.717) is 19.7 Å². The third-order valence-electron chi connectivity index (χ3n) is 5.03. The first-order valence-corrected chi connectivity index (χ1v) is 11.5. The van der Waals surface area contributed by atoms with E-state index in [1.54, 1.807) is 4.90 Å². The molecule has 0 atom stereocenters. The second-order valence-corrected chi connectivity index (χ2v) is 9.78. The normalized spacial score (nSPS) is 15.4. The van der Waals surface area contributed by atoms with Crippen molar-refractivity contribution in [2.75, 3.05) is 53.4 Å². The number of sulfonamides is 1. The van der Waals surface area contributed by atoms with Crippen LogP contribution in [0.4, 0.5) is 0 Å². The van der Waals surface area contributed by atoms with Gasteiger partial charge in [-0.15, -0.1) is 0 Å². The topological polar surface area (TPSA) is 70.2 Å². The van der Waals surface area contributed by atoms with Crippen LogP contribution in [0.5, 0.6) is 5.75 Å². The van der Waals surface area contributed by atoms with E-state index in [1.165, 1.54) is 32.3 Å². The van der Waals surface area contributed by atoms with Gasteiger partial charge in [-0.25, -0.2) is 12.7 Å². The van der Waals surface area contributed by atoms with Crippen LogP contribution in [-0.4, -0.2) is 81.9 Å². The number of amides is 1. The Bertz CT molecular complexity index is 975. The zero-order valence-electron chi connectivity index (χ0n) is 17.1. The molecule has 0 radical (unpaired) electrons. The Hall–Kier alpha value is -2.13. The summed E-state index contributed by atoms with van der Waals surface area (Å²) < 4.78 is 31.6. The zero-order chi connectivity index (χ0) is 21.7. The second kappa shape index (κ2) is 9.78. The molecule has 2 aromatic rings. The van der Waals surface area contributed by atoms with Crippen LogP contribution in [0, 0.1) is 0 Å². The number of rotatable bonds is 7. The number of hydrogen-bond acceptors (Lipinski definition) is 5. The van der Waals surface area contributed by atoms with Crippen LogP contribution in [-0.2, 0) is 10.0 Å². The van der Waals surface area contributed by atoms with Gasteiger partial charge in [0.1, 0.15) is 12.4 Å². The van der Waals surface area contributed by atoms with E-state index in [0.717, 1.165) is 29.7 Å². The molecule has 0 N–H and O–H groups in total. The maximum Gasteiger partial charge on any atom is 0.255 e. The van der Waals surface area contributed by atoms with Crippen molar-refractivity contribution >= 4 is 27.5 Å². The van der Waals surface area contributed by atoms with Gasteiger partial charge in [-0.05, 0) is 30.3 Å². The van der Waals surface area contributed by atoms with E-state index in [1.807, 2.05) is 30.3 Å². The smallest absolute Gasteiger partial charge is 0.255 e. The molecule has 1 aliphatic rings. The van der Waals surface area contributed by atoms with Gasteiger partial charge in [0.25, 0.3) is 5.91 Å². The first kappa shape index (κ1) is 22.6. The Labute approximate surface area is 182 Å². The van der Waals surface area contributed by atoms with Gasteiger partial charge in [-0.1, -0.05) is 29.8 Å². The summed E-state index contributed by atoms with van der Waals surface area (Å²) in [6.07, 6.45) is 0. The Morgan fingerprint density at radius 1 is 1.07 bits per heavy atom. The molecule has 0 unspecified atom stereocenters. The lowest BCUT2D eigenvalue weighted by Gasteiger charge is -2.34. The van der Waals surface area contributed by atoms with Crippen molar-refractivity contribution < 1.29 is 17.9 Å². The standard InChI is InChI=1S/C21H26ClN3O4S/c1-23(2)30(27,28)18-8-9-20(22)19(16-18)21(26)25-12-10-24(11-13-25)14-15-29-17-6-4-3-5-7-17/h3-9,16H,10-15H2,1-2H3. The summed E-state index contributed by atoms with van der Waals surface area (Å²) in [7, 11) is -0.739. The molecule has 1 fully saturated rings. The number of halogens is 1. The summed E-state index contributed by atoms with van der Waals surface area (Å²) in [6.45, 7) is 3.88. The molecule has 0 bridgehead atoms. The summed E-state index contributed by atoms with van der Waals surface area (Å²) in [5.41, 5.74) is 0.209. The number of ether oxygens (including phenoxy) is 1. The van der Waals surface area contributed by atoms with E-state index < -0.39 is 10.0 Å². The molecular weight excluding hydrogens is 426 g/mol. The highest BCUT2D eigenvalue weighted by atomic mass is 35.5. The van der Waals surface area contributed by atoms with E-state index in [4.69, 9.17) is 16.3 Å². The second-order valence-electron chi connectivity index (χ2n) is 7.22. The lowest BCUT2D eigenvalue weighted by atomic mass is 10.1. The van der Waals surface area contributed by atoms with Gasteiger partial charge in [0.15, 0.2) is 0 Å². The molecule has 0 spiro atoms. The van der Waals surface area contributed by atoms with Crippen LogP contribution < -0.4 is 4.74 Å². The van der Waals surface area contributed by atoms with Gasteiger partial charge in [0.05, 0.1) is 15.5 Å². The average Bonchev–Trinajstić information content (AvgIpc) is 2.74. The molecule has 0 aliphatic carbocycles. The van der Waals surface area contributed by atoms with Gasteiger partial charge < -0.3 is 9.64 Å². The van der Waals surface area contributed by atoms with Crippen molar-refractivity contribution in [3.05, 3.63) is 59.1 Å². The maximum atomic E-state index is 13.0. The van der Waals surface area contributed by atoms with Crippen LogP contribution in [0.2, 0.25) is 5.02 Å². The average molecular weight is 452 g/mol. The highest BCUT2D eigenvalue weighted by Crippen LogP contribution is 2.24. The van der Waals surface area contributed by atoms with Gasteiger partial charge in [-0.3, -0.25) is 9.69 Å². The Balaban J connectivity index is 1.57. The molecule has 30 heavy (non-hydrogen) atoms. The molecule has 7 nitrogen and oxygen atoms in total. The molecular formula is C21H26ClN3O4S. The summed E-state index contributed by atoms with van der Waals surface area (Å²) in [4.78, 5) is 17.0. The van der Waals surface area contributed by atoms with Gasteiger partial charge in [0.2, 0.25) is 10.0 Å². The predicted octanol–water partition coefficient (Wildman–Crippen LogP) is 2.43. The summed E-state index contributed by atoms with van der Waals surface area (Å²) in [6, 6.07) is 13.9. The summed E-state index contributed by atoms with van der Waals surface area (Å²) in [5, 5.41) is 0.247. The number of carbonyl (C=O) groups excluding carboxylic acids is 1. The molecule has 1 amide bonds. The van der Waals surface area contributed by atoms with Crippen LogP contribution in [0.1, 0.15) is 10.4 Å². The first-order valence-electron chi connectivity index (χ1n) is 9.70. The fourth-order valence-electron chi connectivity index (χ4n) is 3.19. The van der Waals surface area contributed by atoms with E-state index in [9.17, 15) is 13.2 Å². The van der Waals surface area contributed by atoms with Crippen molar-refractivity contribution in [3.8, 4) is 5.75 Å². The molecule has 1 saturated heterocycles. The lowest BCUT2D eigenvalue weighted by Crippen LogP contribution is -2.49. The lowest BCUT2D eigenvalue weighted by molar-refractivity contribution is 0.0620. The first-order chi connectivity index (χ1) is 14.3. The number of para-hydroxylation sites is 1. The minimum atomic E-state index is -3.64. The highest BCUT2D eigenvalue weighted by Gasteiger charge is 2.26. The Morgan fingerprint density at radius 2 is 1.73 bits per heavy atom. The molecule has 3 rings (SSSR count). The Kier molecular flexibility index (Phi) is 7.36. The monoisotopic (exact) mass is 451 g/mol. The summed E-state index contributed by atoms with van der Waals surface area (Å²) in [5.74, 6) is 0.588. The molecule has 0 saturated carbocycles. The minimum absolute atomic E-state index is 0.0527. The minimum Gasteiger partial charge on any atom is -0.492 e. The quantitative estimate of drug-likeness (QED) is 0.646. The number of nitrogens with zero attached hydrogens (tertiary/aromatic N) is 3. The van der Waals surface area contributed by atoms with E-state index >= 15 is 0 Å². The number of carbonyl (C=O) groups is 1. The van der Waals surface area contributed by atoms with Crippen LogP contribution in [0.3, 0.4) is 0 Å². The van der Waals surface area contributed by atoms with Crippen LogP contribution >= 0.6 is 11.6 Å². The summed E-state index contributed by atoms with van der Waals surface area (Å²) >= 11 is 6.21. The van der Waals surface area contributed by atoms with Crippen molar-refractivity contribution in [1.82, 2.24) is 14.1 Å². The third-order valence-corrected chi connectivity index (χ3v) is 7.17. The largest absolute Gasteiger partial charge is 0.492 e. The number of hydrogen-bond donors (Lipinski definition) is 0. The molecule has 0 aromatic heterocycles. The van der Waals surface area contributed by atoms with Gasteiger partial charge >= 0.3 is 0 Å². The van der Waals surface area contributed by atoms with Crippen LogP contribution in [0.25, 0.3) is 0 Å². The van der Waals surface area contributed by atoms with Gasteiger partial charge in [0, 0.05) is 46.8 Å². The Morgan fingerprint density at radius 3 is 2.37 bits per heavy atom. The molecule has 162 valence electrons. The van der Waals surface area contributed by atoms with Crippen LogP contribution in [0.15, 0.2) is 53.4 Å². The zero-order valence-corrected chi connectivity index (χ0v) is 18.7. The molecule has 2 aromatic carbocycles. The van der Waals surface area contributed by atoms with Gasteiger partial charge in [-0.2, -0.15) is 0 Å². The van der Waals surface area contributed by atoms with Crippen molar-refractivity contribution in [3.63, 3.8) is 0 Å². The van der Waals surface area contributed by atoms with E-state index in [-0.39, 0.29) is 21.4 Å². The molecule has 9 heteroatoms.